The summed E-state index contributed by atoms with van der Waals surface area (Å²) in [6.45, 7) is 3.74. The summed E-state index contributed by atoms with van der Waals surface area (Å²) < 4.78 is 36.2. The van der Waals surface area contributed by atoms with Crippen LogP contribution in [0.5, 0.6) is 0 Å². The number of benzene rings is 2. The highest BCUT2D eigenvalue weighted by Gasteiger charge is 2.23. The first-order valence-electron chi connectivity index (χ1n) is 12.1. The minimum Gasteiger partial charge on any atom is -0.353 e. The van der Waals surface area contributed by atoms with Gasteiger partial charge in [-0.15, -0.1) is 0 Å². The first-order chi connectivity index (χ1) is 15.7. The quantitative estimate of drug-likeness (QED) is 0.308. The van der Waals surface area contributed by atoms with E-state index in [9.17, 15) is 8.78 Å². The van der Waals surface area contributed by atoms with Crippen LogP contribution in [0.2, 0.25) is 0 Å². The van der Waals surface area contributed by atoms with Gasteiger partial charge >= 0.3 is 0 Å². The molecule has 1 aliphatic rings. The van der Waals surface area contributed by atoms with E-state index in [0.717, 1.165) is 48.6 Å². The number of ether oxygens (including phenoxy) is 2. The number of allylic oxidation sites excluding steroid dienone is 1. The summed E-state index contributed by atoms with van der Waals surface area (Å²) in [5, 5.41) is 0. The Bertz CT molecular complexity index is 802. The van der Waals surface area contributed by atoms with Crippen molar-refractivity contribution >= 4 is 0 Å². The van der Waals surface area contributed by atoms with Gasteiger partial charge in [0.2, 0.25) is 0 Å². The van der Waals surface area contributed by atoms with Gasteiger partial charge in [-0.3, -0.25) is 0 Å². The van der Waals surface area contributed by atoms with Crippen LogP contribution in [0.4, 0.5) is 8.78 Å². The lowest BCUT2D eigenvalue weighted by molar-refractivity contribution is -0.167. The molecule has 4 heteroatoms. The zero-order valence-electron chi connectivity index (χ0n) is 19.2. The molecule has 2 atom stereocenters. The van der Waals surface area contributed by atoms with E-state index in [2.05, 4.69) is 43.3 Å². The molecule has 2 aromatic carbocycles. The Balaban J connectivity index is 1.42. The molecule has 1 fully saturated rings. The van der Waals surface area contributed by atoms with Crippen LogP contribution in [0.15, 0.2) is 60.7 Å². The highest BCUT2D eigenvalue weighted by atomic mass is 19.3. The molecular formula is C28H36F2O2. The van der Waals surface area contributed by atoms with Gasteiger partial charge in [-0.05, 0) is 60.4 Å². The predicted molar refractivity (Wildman–Crippen MR) is 127 cm³/mol. The molecule has 0 saturated carbocycles. The molecular weight excluding hydrogens is 406 g/mol. The zero-order valence-corrected chi connectivity index (χ0v) is 19.2. The van der Waals surface area contributed by atoms with Crippen molar-refractivity contribution in [1.82, 2.24) is 0 Å². The van der Waals surface area contributed by atoms with Crippen molar-refractivity contribution in [2.75, 3.05) is 13.2 Å². The molecule has 174 valence electrons. The van der Waals surface area contributed by atoms with Crippen LogP contribution in [0.25, 0.3) is 11.1 Å². The summed E-state index contributed by atoms with van der Waals surface area (Å²) in [4.78, 5) is 0. The molecule has 0 N–H and O–H groups in total. The number of halogens is 2. The first-order valence-corrected chi connectivity index (χ1v) is 12.1. The van der Waals surface area contributed by atoms with Crippen LogP contribution < -0.4 is 0 Å². The minimum absolute atomic E-state index is 0.0490. The highest BCUT2D eigenvalue weighted by molar-refractivity contribution is 5.64. The molecule has 0 aromatic heterocycles. The number of hydrogen-bond donors (Lipinski definition) is 0. The smallest absolute Gasteiger partial charge is 0.266 e. The van der Waals surface area contributed by atoms with Crippen LogP contribution in [0.1, 0.15) is 75.3 Å². The fourth-order valence-corrected chi connectivity index (χ4v) is 4.20. The topological polar surface area (TPSA) is 18.5 Å². The average molecular weight is 443 g/mol. The Labute approximate surface area is 191 Å². The van der Waals surface area contributed by atoms with E-state index in [0.29, 0.717) is 25.4 Å². The van der Waals surface area contributed by atoms with Gasteiger partial charge in [0, 0.05) is 12.5 Å². The van der Waals surface area contributed by atoms with E-state index >= 15 is 0 Å². The van der Waals surface area contributed by atoms with Crippen molar-refractivity contribution in [3.8, 4) is 11.1 Å². The largest absolute Gasteiger partial charge is 0.353 e. The van der Waals surface area contributed by atoms with Crippen molar-refractivity contribution in [3.05, 3.63) is 71.8 Å². The fourth-order valence-electron chi connectivity index (χ4n) is 4.20. The standard InChI is InChI=1S/C28H36F2O2/c1-2-3-4-5-6-20-31-28-19-18-26(21-32-28)25-16-14-24(15-17-25)23-12-10-22(11-13-23)8-7-9-27(29)30/h9-17,26,28H,2-8,18-21H2,1H3. The molecule has 0 radical (unpaired) electrons. The summed E-state index contributed by atoms with van der Waals surface area (Å²) >= 11 is 0. The maximum atomic E-state index is 12.2. The van der Waals surface area contributed by atoms with E-state index in [1.807, 2.05) is 12.1 Å². The van der Waals surface area contributed by atoms with Gasteiger partial charge in [0.15, 0.2) is 6.29 Å². The number of rotatable bonds is 12. The summed E-state index contributed by atoms with van der Waals surface area (Å²) in [6.07, 6.45) is 8.60. The van der Waals surface area contributed by atoms with Gasteiger partial charge in [-0.1, -0.05) is 81.1 Å². The van der Waals surface area contributed by atoms with Gasteiger partial charge in [0.05, 0.1) is 6.61 Å². The molecule has 0 spiro atoms. The molecule has 1 aliphatic heterocycles. The van der Waals surface area contributed by atoms with Crippen LogP contribution in [0, 0.1) is 0 Å². The monoisotopic (exact) mass is 442 g/mol. The van der Waals surface area contributed by atoms with Gasteiger partial charge in [0.25, 0.3) is 6.08 Å². The van der Waals surface area contributed by atoms with E-state index < -0.39 is 6.08 Å². The van der Waals surface area contributed by atoms with Crippen molar-refractivity contribution in [3.63, 3.8) is 0 Å². The van der Waals surface area contributed by atoms with E-state index in [4.69, 9.17) is 9.47 Å². The number of unbranched alkanes of at least 4 members (excludes halogenated alkanes) is 4. The summed E-state index contributed by atoms with van der Waals surface area (Å²) in [7, 11) is 0. The Morgan fingerprint density at radius 1 is 0.938 bits per heavy atom. The third-order valence-corrected chi connectivity index (χ3v) is 6.19. The van der Waals surface area contributed by atoms with Gasteiger partial charge in [0.1, 0.15) is 0 Å². The van der Waals surface area contributed by atoms with Crippen molar-refractivity contribution < 1.29 is 18.3 Å². The fraction of sp³-hybridized carbons (Fsp3) is 0.500. The molecule has 3 rings (SSSR count). The Morgan fingerprint density at radius 3 is 2.25 bits per heavy atom. The van der Waals surface area contributed by atoms with Crippen molar-refractivity contribution in [1.29, 1.82) is 0 Å². The summed E-state index contributed by atoms with van der Waals surface area (Å²) in [5.41, 5.74) is 4.68. The van der Waals surface area contributed by atoms with E-state index in [1.165, 1.54) is 31.2 Å². The second-order valence-corrected chi connectivity index (χ2v) is 8.67. The Kier molecular flexibility index (Phi) is 10.4. The van der Waals surface area contributed by atoms with Crippen molar-refractivity contribution in [2.24, 2.45) is 0 Å². The SMILES string of the molecule is CCCCCCCOC1CCC(c2ccc(-c3ccc(CCC=C(F)F)cc3)cc2)CO1. The number of hydrogen-bond acceptors (Lipinski definition) is 2. The maximum Gasteiger partial charge on any atom is 0.266 e. The number of aryl methyl sites for hydroxylation is 1. The van der Waals surface area contributed by atoms with Gasteiger partial charge in [-0.25, -0.2) is 0 Å². The highest BCUT2D eigenvalue weighted by Crippen LogP contribution is 2.30. The molecule has 2 nitrogen and oxygen atoms in total. The molecule has 0 amide bonds. The van der Waals surface area contributed by atoms with Crippen LogP contribution in [-0.2, 0) is 15.9 Å². The second-order valence-electron chi connectivity index (χ2n) is 8.67. The van der Waals surface area contributed by atoms with Gasteiger partial charge in [-0.2, -0.15) is 8.78 Å². The van der Waals surface area contributed by atoms with E-state index in [-0.39, 0.29) is 6.29 Å². The predicted octanol–water partition coefficient (Wildman–Crippen LogP) is 8.27. The molecule has 1 saturated heterocycles. The lowest BCUT2D eigenvalue weighted by Gasteiger charge is -2.29. The summed E-state index contributed by atoms with van der Waals surface area (Å²) in [6, 6.07) is 16.9. The van der Waals surface area contributed by atoms with Crippen molar-refractivity contribution in [2.45, 2.75) is 76.9 Å². The third-order valence-electron chi connectivity index (χ3n) is 6.19. The van der Waals surface area contributed by atoms with E-state index in [1.54, 1.807) is 0 Å². The maximum absolute atomic E-state index is 12.2. The molecule has 2 unspecified atom stereocenters. The normalized spacial score (nSPS) is 18.5. The Morgan fingerprint density at radius 2 is 1.62 bits per heavy atom. The first kappa shape index (κ1) is 24.6. The molecule has 2 aromatic rings. The molecule has 0 aliphatic carbocycles. The van der Waals surface area contributed by atoms with Gasteiger partial charge < -0.3 is 9.47 Å². The average Bonchev–Trinajstić information content (AvgIpc) is 2.82. The zero-order chi connectivity index (χ0) is 22.6. The lowest BCUT2D eigenvalue weighted by Crippen LogP contribution is -2.27. The second kappa shape index (κ2) is 13.5. The van der Waals surface area contributed by atoms with Crippen LogP contribution in [0.3, 0.4) is 0 Å². The third kappa shape index (κ3) is 8.14. The molecule has 32 heavy (non-hydrogen) atoms. The van der Waals surface area contributed by atoms with Crippen LogP contribution >= 0.6 is 0 Å². The van der Waals surface area contributed by atoms with Crippen LogP contribution in [-0.4, -0.2) is 19.5 Å². The lowest BCUT2D eigenvalue weighted by atomic mass is 9.91. The molecule has 0 bridgehead atoms. The minimum atomic E-state index is -1.61. The Hall–Kier alpha value is -2.04. The summed E-state index contributed by atoms with van der Waals surface area (Å²) in [5.74, 6) is 0.416. The molecule has 1 heterocycles.